The summed E-state index contributed by atoms with van der Waals surface area (Å²) in [6.45, 7) is 17.6. The Bertz CT molecular complexity index is 1250. The molecule has 0 bridgehead atoms. The van der Waals surface area contributed by atoms with Crippen LogP contribution in [0.15, 0.2) is 47.1 Å². The molecule has 1 aromatic rings. The van der Waals surface area contributed by atoms with Gasteiger partial charge in [0, 0.05) is 5.41 Å². The number of carbonyl (C=O) groups excluding carboxylic acids is 1. The summed E-state index contributed by atoms with van der Waals surface area (Å²) < 4.78 is 6.19. The van der Waals surface area contributed by atoms with Crippen LogP contribution in [-0.2, 0) is 16.1 Å². The van der Waals surface area contributed by atoms with E-state index >= 15 is 0 Å². The van der Waals surface area contributed by atoms with Gasteiger partial charge in [0.25, 0.3) is 0 Å². The van der Waals surface area contributed by atoms with Crippen molar-refractivity contribution >= 4 is 11.7 Å². The molecule has 0 spiro atoms. The van der Waals surface area contributed by atoms with E-state index in [9.17, 15) is 10.0 Å². The Morgan fingerprint density at radius 1 is 0.951 bits per heavy atom. The van der Waals surface area contributed by atoms with E-state index in [-0.39, 0.29) is 33.5 Å². The van der Waals surface area contributed by atoms with Gasteiger partial charge < -0.3 is 9.94 Å². The zero-order valence-corrected chi connectivity index (χ0v) is 26.6. The van der Waals surface area contributed by atoms with Gasteiger partial charge in [0.05, 0.1) is 11.1 Å². The molecule has 224 valence electrons. The monoisotopic (exact) mass is 559 g/mol. The van der Waals surface area contributed by atoms with Crippen molar-refractivity contribution in [1.29, 1.82) is 0 Å². The quantitative estimate of drug-likeness (QED) is 0.174. The lowest BCUT2D eigenvalue weighted by Crippen LogP contribution is -2.65. The van der Waals surface area contributed by atoms with Gasteiger partial charge in [-0.1, -0.05) is 95.6 Å². The SMILES string of the molecule is C[C@H]1[C@H](C)CC[C@]2(C(=O)OCc3ccccc3)CC[C@]3(C)C(=CC[C@@H]4[C@@]5(C)CCC(=NO)C(C)(C)[C@@H]5CC[C@]43C)[C@H]12. The number of hydrogen-bond acceptors (Lipinski definition) is 4. The molecule has 0 aromatic heterocycles. The fourth-order valence-corrected chi connectivity index (χ4v) is 11.7. The number of oxime groups is 1. The number of nitrogens with zero attached hydrogens (tertiary/aromatic N) is 1. The van der Waals surface area contributed by atoms with Crippen LogP contribution in [0.1, 0.15) is 112 Å². The van der Waals surface area contributed by atoms with Gasteiger partial charge in [0.2, 0.25) is 0 Å². The average molecular weight is 560 g/mol. The highest BCUT2D eigenvalue weighted by Gasteiger charge is 2.69. The second-order valence-corrected chi connectivity index (χ2v) is 16.1. The molecule has 41 heavy (non-hydrogen) atoms. The third-order valence-electron chi connectivity index (χ3n) is 14.5. The lowest BCUT2D eigenvalue weighted by atomic mass is 9.33. The molecule has 0 heterocycles. The maximum Gasteiger partial charge on any atom is 0.313 e. The van der Waals surface area contributed by atoms with E-state index < -0.39 is 5.41 Å². The van der Waals surface area contributed by atoms with Crippen LogP contribution in [0, 0.1) is 56.7 Å². The van der Waals surface area contributed by atoms with Crippen LogP contribution in [0.3, 0.4) is 0 Å². The van der Waals surface area contributed by atoms with E-state index in [1.54, 1.807) is 5.57 Å². The third-order valence-corrected chi connectivity index (χ3v) is 14.5. The summed E-state index contributed by atoms with van der Waals surface area (Å²) in [5.41, 5.74) is 3.64. The smallest absolute Gasteiger partial charge is 0.313 e. The van der Waals surface area contributed by atoms with Crippen molar-refractivity contribution < 1.29 is 14.7 Å². The van der Waals surface area contributed by atoms with Crippen LogP contribution in [0.4, 0.5) is 0 Å². The molecule has 4 fully saturated rings. The molecule has 0 aliphatic heterocycles. The first-order valence-corrected chi connectivity index (χ1v) is 16.5. The number of carbonyl (C=O) groups is 1. The van der Waals surface area contributed by atoms with Crippen molar-refractivity contribution in [3.8, 4) is 0 Å². The minimum Gasteiger partial charge on any atom is -0.460 e. The molecule has 9 atom stereocenters. The van der Waals surface area contributed by atoms with Crippen molar-refractivity contribution in [3.05, 3.63) is 47.5 Å². The number of hydrogen-bond donors (Lipinski definition) is 1. The van der Waals surface area contributed by atoms with Gasteiger partial charge in [-0.15, -0.1) is 0 Å². The van der Waals surface area contributed by atoms with Crippen molar-refractivity contribution in [1.82, 2.24) is 0 Å². The summed E-state index contributed by atoms with van der Waals surface area (Å²) in [7, 11) is 0. The van der Waals surface area contributed by atoms with Gasteiger partial charge in [-0.2, -0.15) is 0 Å². The molecular weight excluding hydrogens is 506 g/mol. The average Bonchev–Trinajstić information content (AvgIpc) is 2.94. The van der Waals surface area contributed by atoms with Crippen molar-refractivity contribution in [2.24, 2.45) is 61.8 Å². The molecule has 0 unspecified atom stereocenters. The lowest BCUT2D eigenvalue weighted by molar-refractivity contribution is -0.185. The molecule has 5 aliphatic rings. The van der Waals surface area contributed by atoms with Gasteiger partial charge in [0.1, 0.15) is 6.61 Å². The number of esters is 1. The Kier molecular flexibility index (Phi) is 6.87. The van der Waals surface area contributed by atoms with Crippen molar-refractivity contribution in [2.45, 2.75) is 113 Å². The van der Waals surface area contributed by atoms with Crippen molar-refractivity contribution in [3.63, 3.8) is 0 Å². The fourth-order valence-electron chi connectivity index (χ4n) is 11.7. The van der Waals surface area contributed by atoms with Gasteiger partial charge in [0.15, 0.2) is 0 Å². The second kappa shape index (κ2) is 9.71. The maximum atomic E-state index is 14.2. The van der Waals surface area contributed by atoms with Gasteiger partial charge in [-0.3, -0.25) is 4.79 Å². The van der Waals surface area contributed by atoms with Gasteiger partial charge in [-0.25, -0.2) is 0 Å². The van der Waals surface area contributed by atoms with E-state index in [1.165, 1.54) is 12.8 Å². The predicted molar refractivity (Wildman–Crippen MR) is 164 cm³/mol. The topological polar surface area (TPSA) is 58.9 Å². The largest absolute Gasteiger partial charge is 0.460 e. The van der Waals surface area contributed by atoms with Crippen LogP contribution >= 0.6 is 0 Å². The summed E-state index contributed by atoms with van der Waals surface area (Å²) in [5.74, 6) is 2.48. The standard InChI is InChI=1S/C37H53NO3/c1-24-15-20-37(32(39)41-23-26-11-9-8-10-12-26)22-21-35(6)27(31(37)25(24)2)13-14-29-34(5)18-17-30(38-40)33(3,4)28(34)16-19-36(29,35)7/h8-13,24-25,28-29,31,40H,14-23H2,1-7H3/t24-,25+,28+,29-,31+,34+,35-,36-,37+/m1/s1. The summed E-state index contributed by atoms with van der Waals surface area (Å²) >= 11 is 0. The predicted octanol–water partition coefficient (Wildman–Crippen LogP) is 9.22. The molecule has 0 saturated heterocycles. The first kappa shape index (κ1) is 29.0. The minimum atomic E-state index is -0.407. The van der Waals surface area contributed by atoms with E-state index in [2.05, 4.69) is 71.8 Å². The number of ether oxygens (including phenoxy) is 1. The van der Waals surface area contributed by atoms with Crippen LogP contribution in [0.2, 0.25) is 0 Å². The normalized spacial score (nSPS) is 45.9. The van der Waals surface area contributed by atoms with Gasteiger partial charge in [-0.05, 0) is 109 Å². The van der Waals surface area contributed by atoms with E-state index in [0.29, 0.717) is 30.3 Å². The Labute approximate surface area is 248 Å². The van der Waals surface area contributed by atoms with Crippen LogP contribution in [0.25, 0.3) is 0 Å². The molecule has 4 nitrogen and oxygen atoms in total. The molecule has 5 aliphatic carbocycles. The molecule has 0 radical (unpaired) electrons. The Balaban J connectivity index is 1.37. The number of benzene rings is 1. The molecular formula is C37H53NO3. The number of rotatable bonds is 3. The zero-order chi connectivity index (χ0) is 29.4. The number of fused-ring (bicyclic) bond motifs is 7. The van der Waals surface area contributed by atoms with Crippen LogP contribution in [0.5, 0.6) is 0 Å². The highest BCUT2D eigenvalue weighted by atomic mass is 16.5. The van der Waals surface area contributed by atoms with E-state index in [4.69, 9.17) is 4.74 Å². The molecule has 4 saturated carbocycles. The summed E-state index contributed by atoms with van der Waals surface area (Å²) in [6.07, 6.45) is 12.2. The Morgan fingerprint density at radius 2 is 1.68 bits per heavy atom. The highest BCUT2D eigenvalue weighted by Crippen LogP contribution is 2.75. The minimum absolute atomic E-state index is 0.0425. The highest BCUT2D eigenvalue weighted by molar-refractivity contribution is 5.90. The van der Waals surface area contributed by atoms with E-state index in [0.717, 1.165) is 56.2 Å². The fraction of sp³-hybridized carbons (Fsp3) is 0.730. The van der Waals surface area contributed by atoms with Gasteiger partial charge >= 0.3 is 5.97 Å². The Hall–Kier alpha value is -2.10. The molecule has 6 rings (SSSR count). The summed E-state index contributed by atoms with van der Waals surface area (Å²) in [4.78, 5) is 14.2. The van der Waals surface area contributed by atoms with Crippen molar-refractivity contribution in [2.75, 3.05) is 0 Å². The third kappa shape index (κ3) is 3.90. The summed E-state index contributed by atoms with van der Waals surface area (Å²) in [6, 6.07) is 10.1. The first-order valence-electron chi connectivity index (χ1n) is 16.5. The van der Waals surface area contributed by atoms with Crippen LogP contribution in [-0.4, -0.2) is 16.9 Å². The van der Waals surface area contributed by atoms with Crippen LogP contribution < -0.4 is 0 Å². The molecule has 0 amide bonds. The lowest BCUT2D eigenvalue weighted by Gasteiger charge is -2.71. The zero-order valence-electron chi connectivity index (χ0n) is 26.6. The Morgan fingerprint density at radius 3 is 2.39 bits per heavy atom. The van der Waals surface area contributed by atoms with E-state index in [1.807, 2.05) is 18.2 Å². The second-order valence-electron chi connectivity index (χ2n) is 16.1. The first-order chi connectivity index (χ1) is 19.3. The molecule has 1 aromatic carbocycles. The molecule has 4 heteroatoms. The molecule has 1 N–H and O–H groups in total. The summed E-state index contributed by atoms with van der Waals surface area (Å²) in [5, 5.41) is 13.7. The number of allylic oxidation sites excluding steroid dienone is 2. The maximum absolute atomic E-state index is 14.2.